The minimum absolute atomic E-state index is 0. The summed E-state index contributed by atoms with van der Waals surface area (Å²) >= 11 is 0. The molecular formula is C15H22ClFN2. The van der Waals surface area contributed by atoms with Gasteiger partial charge in [-0.15, -0.1) is 12.4 Å². The molecule has 0 aliphatic carbocycles. The smallest absolute Gasteiger partial charge is 0.123 e. The zero-order chi connectivity index (χ0) is 12.5. The van der Waals surface area contributed by atoms with E-state index in [1.807, 2.05) is 6.07 Å². The monoisotopic (exact) mass is 284 g/mol. The molecule has 2 fully saturated rings. The van der Waals surface area contributed by atoms with Crippen LogP contribution in [-0.4, -0.2) is 30.6 Å². The molecule has 1 aromatic carbocycles. The van der Waals surface area contributed by atoms with Crippen LogP contribution in [0.1, 0.15) is 24.0 Å². The van der Waals surface area contributed by atoms with Crippen LogP contribution in [0.15, 0.2) is 18.2 Å². The Balaban J connectivity index is 0.00000133. The van der Waals surface area contributed by atoms with Crippen molar-refractivity contribution < 1.29 is 4.39 Å². The van der Waals surface area contributed by atoms with Crippen molar-refractivity contribution in [2.24, 2.45) is 5.92 Å². The molecule has 106 valence electrons. The van der Waals surface area contributed by atoms with E-state index in [9.17, 15) is 4.39 Å². The van der Waals surface area contributed by atoms with E-state index in [0.29, 0.717) is 0 Å². The molecule has 0 bridgehead atoms. The van der Waals surface area contributed by atoms with Crippen LogP contribution >= 0.6 is 12.4 Å². The summed E-state index contributed by atoms with van der Waals surface area (Å²) in [6.45, 7) is 6.42. The maximum absolute atomic E-state index is 13.3. The molecule has 19 heavy (non-hydrogen) atoms. The lowest BCUT2D eigenvalue weighted by atomic mass is 9.93. The number of rotatable bonds is 2. The highest BCUT2D eigenvalue weighted by molar-refractivity contribution is 5.85. The summed E-state index contributed by atoms with van der Waals surface area (Å²) < 4.78 is 13.3. The Kier molecular flexibility index (Phi) is 4.82. The van der Waals surface area contributed by atoms with Gasteiger partial charge >= 0.3 is 0 Å². The number of nitrogens with zero attached hydrogens (tertiary/aromatic N) is 1. The maximum atomic E-state index is 13.3. The second-order valence-electron chi connectivity index (χ2n) is 5.70. The number of benzene rings is 1. The third kappa shape index (κ3) is 3.28. The number of piperidine rings is 1. The quantitative estimate of drug-likeness (QED) is 0.898. The van der Waals surface area contributed by atoms with Crippen LogP contribution in [-0.2, 0) is 6.54 Å². The van der Waals surface area contributed by atoms with Gasteiger partial charge < -0.3 is 5.32 Å². The van der Waals surface area contributed by atoms with Gasteiger partial charge in [-0.25, -0.2) is 4.39 Å². The number of fused-ring (bicyclic) bond motifs is 1. The standard InChI is InChI=1S/C15H21FN2.ClH/c1-11-2-3-14(16)8-13(11)10-18-7-5-15-12(9-18)4-6-17-15;/h2-3,8,12,15,17H,4-7,9-10H2,1H3;1H. The van der Waals surface area contributed by atoms with E-state index in [1.165, 1.54) is 24.9 Å². The van der Waals surface area contributed by atoms with Crippen LogP contribution in [0.3, 0.4) is 0 Å². The van der Waals surface area contributed by atoms with Crippen molar-refractivity contribution in [3.63, 3.8) is 0 Å². The van der Waals surface area contributed by atoms with Crippen LogP contribution in [0.2, 0.25) is 0 Å². The lowest BCUT2D eigenvalue weighted by molar-refractivity contribution is 0.155. The summed E-state index contributed by atoms with van der Waals surface area (Å²) in [5.41, 5.74) is 2.34. The molecule has 2 aliphatic heterocycles. The van der Waals surface area contributed by atoms with E-state index in [0.717, 1.165) is 37.2 Å². The average molecular weight is 285 g/mol. The van der Waals surface area contributed by atoms with Crippen LogP contribution < -0.4 is 5.32 Å². The predicted octanol–water partition coefficient (Wildman–Crippen LogP) is 2.74. The van der Waals surface area contributed by atoms with Gasteiger partial charge in [0, 0.05) is 19.1 Å². The summed E-state index contributed by atoms with van der Waals surface area (Å²) in [5.74, 6) is 0.681. The molecule has 2 nitrogen and oxygen atoms in total. The zero-order valence-electron chi connectivity index (χ0n) is 11.4. The molecule has 2 atom stereocenters. The van der Waals surface area contributed by atoms with E-state index >= 15 is 0 Å². The highest BCUT2D eigenvalue weighted by atomic mass is 35.5. The second-order valence-corrected chi connectivity index (χ2v) is 5.70. The first-order valence-electron chi connectivity index (χ1n) is 6.93. The van der Waals surface area contributed by atoms with Crippen molar-refractivity contribution in [3.05, 3.63) is 35.1 Å². The van der Waals surface area contributed by atoms with Gasteiger partial charge in [-0.1, -0.05) is 6.07 Å². The summed E-state index contributed by atoms with van der Waals surface area (Å²) in [4.78, 5) is 2.48. The second kappa shape index (κ2) is 6.21. The Morgan fingerprint density at radius 3 is 3.05 bits per heavy atom. The van der Waals surface area contributed by atoms with Crippen molar-refractivity contribution >= 4 is 12.4 Å². The van der Waals surface area contributed by atoms with Gasteiger partial charge in [-0.2, -0.15) is 0 Å². The van der Waals surface area contributed by atoms with E-state index < -0.39 is 0 Å². The molecule has 4 heteroatoms. The molecule has 0 spiro atoms. The zero-order valence-corrected chi connectivity index (χ0v) is 12.2. The van der Waals surface area contributed by atoms with Gasteiger partial charge in [0.05, 0.1) is 0 Å². The Labute approximate surface area is 120 Å². The molecule has 1 N–H and O–H groups in total. The van der Waals surface area contributed by atoms with Gasteiger partial charge in [-0.3, -0.25) is 4.90 Å². The fourth-order valence-corrected chi connectivity index (χ4v) is 3.32. The molecule has 0 amide bonds. The van der Waals surface area contributed by atoms with Crippen molar-refractivity contribution in [1.82, 2.24) is 10.2 Å². The van der Waals surface area contributed by atoms with E-state index in [1.54, 1.807) is 12.1 Å². The van der Waals surface area contributed by atoms with Crippen molar-refractivity contribution in [2.45, 2.75) is 32.4 Å². The lowest BCUT2D eigenvalue weighted by Gasteiger charge is -2.35. The molecular weight excluding hydrogens is 263 g/mol. The van der Waals surface area contributed by atoms with Crippen LogP contribution in [0.25, 0.3) is 0 Å². The Morgan fingerprint density at radius 1 is 1.37 bits per heavy atom. The van der Waals surface area contributed by atoms with Crippen LogP contribution in [0, 0.1) is 18.7 Å². The molecule has 3 rings (SSSR count). The Bertz CT molecular complexity index is 438. The summed E-state index contributed by atoms with van der Waals surface area (Å²) in [6.07, 6.45) is 2.53. The van der Waals surface area contributed by atoms with Gasteiger partial charge in [0.15, 0.2) is 0 Å². The van der Waals surface area contributed by atoms with Crippen molar-refractivity contribution in [3.8, 4) is 0 Å². The summed E-state index contributed by atoms with van der Waals surface area (Å²) in [6, 6.07) is 5.85. The third-order valence-corrected chi connectivity index (χ3v) is 4.44. The fourth-order valence-electron chi connectivity index (χ4n) is 3.32. The number of aryl methyl sites for hydroxylation is 1. The molecule has 2 aliphatic rings. The first-order valence-corrected chi connectivity index (χ1v) is 6.93. The van der Waals surface area contributed by atoms with Crippen molar-refractivity contribution in [1.29, 1.82) is 0 Å². The normalized spacial score (nSPS) is 26.8. The number of nitrogens with one attached hydrogen (secondary N) is 1. The molecule has 0 saturated carbocycles. The maximum Gasteiger partial charge on any atom is 0.123 e. The van der Waals surface area contributed by atoms with Gasteiger partial charge in [0.25, 0.3) is 0 Å². The van der Waals surface area contributed by atoms with Crippen molar-refractivity contribution in [2.75, 3.05) is 19.6 Å². The molecule has 2 unspecified atom stereocenters. The largest absolute Gasteiger partial charge is 0.314 e. The first kappa shape index (κ1) is 14.8. The minimum atomic E-state index is -0.118. The minimum Gasteiger partial charge on any atom is -0.314 e. The Hall–Kier alpha value is -0.640. The number of hydrogen-bond donors (Lipinski definition) is 1. The Morgan fingerprint density at radius 2 is 2.21 bits per heavy atom. The highest BCUT2D eigenvalue weighted by Crippen LogP contribution is 2.26. The van der Waals surface area contributed by atoms with E-state index in [-0.39, 0.29) is 18.2 Å². The molecule has 2 saturated heterocycles. The SMILES string of the molecule is Cc1ccc(F)cc1CN1CCC2NCCC2C1.Cl. The average Bonchev–Trinajstić information content (AvgIpc) is 2.81. The van der Waals surface area contributed by atoms with Crippen LogP contribution in [0.4, 0.5) is 4.39 Å². The van der Waals surface area contributed by atoms with E-state index in [2.05, 4.69) is 17.1 Å². The highest BCUT2D eigenvalue weighted by Gasteiger charge is 2.32. The van der Waals surface area contributed by atoms with Gasteiger partial charge in [0.1, 0.15) is 5.82 Å². The summed E-state index contributed by atoms with van der Waals surface area (Å²) in [7, 11) is 0. The number of likely N-dealkylation sites (tertiary alicyclic amines) is 1. The number of hydrogen-bond acceptors (Lipinski definition) is 2. The molecule has 0 radical (unpaired) electrons. The fraction of sp³-hybridized carbons (Fsp3) is 0.600. The van der Waals surface area contributed by atoms with Gasteiger partial charge in [-0.05, 0) is 62.0 Å². The molecule has 0 aromatic heterocycles. The third-order valence-electron chi connectivity index (χ3n) is 4.44. The topological polar surface area (TPSA) is 15.3 Å². The number of halogens is 2. The first-order chi connectivity index (χ1) is 8.72. The lowest BCUT2D eigenvalue weighted by Crippen LogP contribution is -2.44. The molecule has 1 aromatic rings. The molecule has 2 heterocycles. The van der Waals surface area contributed by atoms with Crippen LogP contribution in [0.5, 0.6) is 0 Å². The predicted molar refractivity (Wildman–Crippen MR) is 78.2 cm³/mol. The van der Waals surface area contributed by atoms with E-state index in [4.69, 9.17) is 0 Å². The summed E-state index contributed by atoms with van der Waals surface area (Å²) in [5, 5.41) is 3.58. The van der Waals surface area contributed by atoms with Gasteiger partial charge in [0.2, 0.25) is 0 Å².